The first-order valence-corrected chi connectivity index (χ1v) is 6.76. The molecule has 1 aromatic heterocycles. The van der Waals surface area contributed by atoms with Crippen LogP contribution in [0.25, 0.3) is 0 Å². The van der Waals surface area contributed by atoms with Gasteiger partial charge in [0.1, 0.15) is 5.75 Å². The van der Waals surface area contributed by atoms with E-state index in [0.717, 1.165) is 25.1 Å². The second-order valence-corrected chi connectivity index (χ2v) is 4.76. The Morgan fingerprint density at radius 2 is 2.15 bits per heavy atom. The van der Waals surface area contributed by atoms with Gasteiger partial charge in [-0.25, -0.2) is 0 Å². The Morgan fingerprint density at radius 3 is 3.00 bits per heavy atom. The molecule has 0 fully saturated rings. The van der Waals surface area contributed by atoms with Crippen LogP contribution in [-0.4, -0.2) is 24.0 Å². The van der Waals surface area contributed by atoms with Gasteiger partial charge in [-0.1, -0.05) is 18.2 Å². The van der Waals surface area contributed by atoms with Crippen LogP contribution in [0.3, 0.4) is 0 Å². The highest BCUT2D eigenvalue weighted by molar-refractivity contribution is 5.95. The van der Waals surface area contributed by atoms with Gasteiger partial charge in [0.25, 0.3) is 5.91 Å². The van der Waals surface area contributed by atoms with E-state index < -0.39 is 0 Å². The lowest BCUT2D eigenvalue weighted by Gasteiger charge is -2.29. The Labute approximate surface area is 118 Å². The largest absolute Gasteiger partial charge is 0.482 e. The number of benzene rings is 1. The molecule has 0 saturated heterocycles. The predicted molar refractivity (Wildman–Crippen MR) is 76.8 cm³/mol. The molecule has 3 rings (SSSR count). The molecule has 4 nitrogen and oxygen atoms in total. The molecule has 2 heterocycles. The maximum atomic E-state index is 12.3. The number of aromatic nitrogens is 1. The van der Waals surface area contributed by atoms with Gasteiger partial charge in [0.2, 0.25) is 0 Å². The zero-order valence-electron chi connectivity index (χ0n) is 11.2. The molecular formula is C16H16N2O2. The Bertz CT molecular complexity index is 598. The fraction of sp³-hybridized carbons (Fsp3) is 0.250. The van der Waals surface area contributed by atoms with Crippen LogP contribution in [0.2, 0.25) is 0 Å². The summed E-state index contributed by atoms with van der Waals surface area (Å²) in [5.41, 5.74) is 2.24. The number of fused-ring (bicyclic) bond motifs is 1. The van der Waals surface area contributed by atoms with E-state index >= 15 is 0 Å². The van der Waals surface area contributed by atoms with Crippen molar-refractivity contribution in [3.8, 4) is 5.75 Å². The molecule has 0 unspecified atom stereocenters. The van der Waals surface area contributed by atoms with Crippen LogP contribution in [0.4, 0.5) is 5.69 Å². The summed E-state index contributed by atoms with van der Waals surface area (Å²) < 4.78 is 5.48. The van der Waals surface area contributed by atoms with Crippen LogP contribution in [0.1, 0.15) is 12.0 Å². The predicted octanol–water partition coefficient (Wildman–Crippen LogP) is 2.44. The normalized spacial score (nSPS) is 13.7. The van der Waals surface area contributed by atoms with E-state index in [1.807, 2.05) is 23.1 Å². The SMILES string of the molecule is O=C(COc1cccnc1)N1CCCc2ccccc21. The highest BCUT2D eigenvalue weighted by Crippen LogP contribution is 2.26. The van der Waals surface area contributed by atoms with Gasteiger partial charge in [0, 0.05) is 18.4 Å². The van der Waals surface area contributed by atoms with Gasteiger partial charge in [-0.3, -0.25) is 9.78 Å². The van der Waals surface area contributed by atoms with Crippen molar-refractivity contribution in [2.24, 2.45) is 0 Å². The van der Waals surface area contributed by atoms with E-state index in [9.17, 15) is 4.79 Å². The van der Waals surface area contributed by atoms with Crippen molar-refractivity contribution in [3.63, 3.8) is 0 Å². The second-order valence-electron chi connectivity index (χ2n) is 4.76. The lowest BCUT2D eigenvalue weighted by atomic mass is 10.0. The number of anilines is 1. The molecule has 102 valence electrons. The van der Waals surface area contributed by atoms with Crippen molar-refractivity contribution in [1.82, 2.24) is 4.98 Å². The quantitative estimate of drug-likeness (QED) is 0.858. The average molecular weight is 268 g/mol. The smallest absolute Gasteiger partial charge is 0.264 e. The summed E-state index contributed by atoms with van der Waals surface area (Å²) in [7, 11) is 0. The lowest BCUT2D eigenvalue weighted by molar-refractivity contribution is -0.120. The monoisotopic (exact) mass is 268 g/mol. The van der Waals surface area contributed by atoms with Gasteiger partial charge in [0.15, 0.2) is 6.61 Å². The Kier molecular flexibility index (Phi) is 3.63. The lowest BCUT2D eigenvalue weighted by Crippen LogP contribution is -2.38. The van der Waals surface area contributed by atoms with Gasteiger partial charge in [-0.2, -0.15) is 0 Å². The summed E-state index contributed by atoms with van der Waals surface area (Å²) in [5.74, 6) is 0.604. The number of nitrogens with zero attached hydrogens (tertiary/aromatic N) is 2. The maximum absolute atomic E-state index is 12.3. The van der Waals surface area contributed by atoms with Gasteiger partial charge in [-0.05, 0) is 36.6 Å². The molecule has 0 bridgehead atoms. The van der Waals surface area contributed by atoms with E-state index in [1.54, 1.807) is 24.5 Å². The topological polar surface area (TPSA) is 42.4 Å². The summed E-state index contributed by atoms with van der Waals surface area (Å²) in [6, 6.07) is 11.6. The summed E-state index contributed by atoms with van der Waals surface area (Å²) in [6.07, 6.45) is 5.31. The minimum absolute atomic E-state index is 0.0130. The van der Waals surface area contributed by atoms with Crippen LogP contribution in [-0.2, 0) is 11.2 Å². The Morgan fingerprint density at radius 1 is 1.25 bits per heavy atom. The zero-order chi connectivity index (χ0) is 13.8. The summed E-state index contributed by atoms with van der Waals surface area (Å²) in [6.45, 7) is 0.798. The standard InChI is InChI=1S/C16H16N2O2/c19-16(12-20-14-7-3-9-17-11-14)18-10-4-6-13-5-1-2-8-15(13)18/h1-3,5,7-9,11H,4,6,10,12H2. The van der Waals surface area contributed by atoms with Gasteiger partial charge in [0.05, 0.1) is 6.20 Å². The second kappa shape index (κ2) is 5.74. The van der Waals surface area contributed by atoms with E-state index in [4.69, 9.17) is 4.74 Å². The van der Waals surface area contributed by atoms with Crippen molar-refractivity contribution in [2.45, 2.75) is 12.8 Å². The van der Waals surface area contributed by atoms with Crippen LogP contribution >= 0.6 is 0 Å². The van der Waals surface area contributed by atoms with Gasteiger partial charge >= 0.3 is 0 Å². The maximum Gasteiger partial charge on any atom is 0.264 e. The van der Waals surface area contributed by atoms with Crippen molar-refractivity contribution in [2.75, 3.05) is 18.1 Å². The molecule has 4 heteroatoms. The molecule has 1 amide bonds. The third-order valence-electron chi connectivity index (χ3n) is 3.41. The number of amides is 1. The van der Waals surface area contributed by atoms with Crippen molar-refractivity contribution < 1.29 is 9.53 Å². The van der Waals surface area contributed by atoms with Gasteiger partial charge in [-0.15, -0.1) is 0 Å². The first-order valence-electron chi connectivity index (χ1n) is 6.76. The average Bonchev–Trinajstić information content (AvgIpc) is 2.53. The first-order chi connectivity index (χ1) is 9.84. The number of hydrogen-bond donors (Lipinski definition) is 0. The number of para-hydroxylation sites is 1. The van der Waals surface area contributed by atoms with E-state index in [-0.39, 0.29) is 12.5 Å². The van der Waals surface area contributed by atoms with Gasteiger partial charge < -0.3 is 9.64 Å². The molecular weight excluding hydrogens is 252 g/mol. The van der Waals surface area contributed by atoms with Crippen molar-refractivity contribution in [1.29, 1.82) is 0 Å². The molecule has 0 atom stereocenters. The summed E-state index contributed by atoms with van der Waals surface area (Å²) in [5, 5.41) is 0. The molecule has 1 aliphatic heterocycles. The molecule has 0 spiro atoms. The summed E-state index contributed by atoms with van der Waals surface area (Å²) >= 11 is 0. The van der Waals surface area contributed by atoms with Crippen LogP contribution in [0, 0.1) is 0 Å². The van der Waals surface area contributed by atoms with E-state index in [1.165, 1.54) is 5.56 Å². The molecule has 20 heavy (non-hydrogen) atoms. The number of aryl methyl sites for hydroxylation is 1. The zero-order valence-corrected chi connectivity index (χ0v) is 11.2. The van der Waals surface area contributed by atoms with Crippen molar-refractivity contribution in [3.05, 3.63) is 54.4 Å². The third-order valence-corrected chi connectivity index (χ3v) is 3.41. The molecule has 1 aromatic carbocycles. The third kappa shape index (κ3) is 2.64. The molecule has 2 aromatic rings. The highest BCUT2D eigenvalue weighted by Gasteiger charge is 2.22. The number of pyridine rings is 1. The highest BCUT2D eigenvalue weighted by atomic mass is 16.5. The van der Waals surface area contributed by atoms with Crippen LogP contribution < -0.4 is 9.64 Å². The van der Waals surface area contributed by atoms with E-state index in [0.29, 0.717) is 5.75 Å². The number of carbonyl (C=O) groups excluding carboxylic acids is 1. The number of carbonyl (C=O) groups is 1. The molecule has 0 aliphatic carbocycles. The molecule has 0 N–H and O–H groups in total. The van der Waals surface area contributed by atoms with Crippen LogP contribution in [0.15, 0.2) is 48.8 Å². The number of ether oxygens (including phenoxy) is 1. The number of rotatable bonds is 3. The summed E-state index contributed by atoms with van der Waals surface area (Å²) in [4.78, 5) is 18.1. The first kappa shape index (κ1) is 12.7. The fourth-order valence-corrected chi connectivity index (χ4v) is 2.45. The molecule has 0 saturated carbocycles. The van der Waals surface area contributed by atoms with E-state index in [2.05, 4.69) is 11.1 Å². The Hall–Kier alpha value is -2.36. The molecule has 1 aliphatic rings. The van der Waals surface area contributed by atoms with Crippen molar-refractivity contribution >= 4 is 11.6 Å². The molecule has 0 radical (unpaired) electrons. The van der Waals surface area contributed by atoms with Crippen LogP contribution in [0.5, 0.6) is 5.75 Å². The number of hydrogen-bond acceptors (Lipinski definition) is 3. The minimum Gasteiger partial charge on any atom is -0.482 e. The fourth-order valence-electron chi connectivity index (χ4n) is 2.45. The minimum atomic E-state index is -0.0130. The Balaban J connectivity index is 1.69.